The van der Waals surface area contributed by atoms with E-state index in [1.54, 1.807) is 16.7 Å². The van der Waals surface area contributed by atoms with Gasteiger partial charge in [-0.1, -0.05) is 6.07 Å². The van der Waals surface area contributed by atoms with Crippen LogP contribution in [0.1, 0.15) is 26.2 Å². The van der Waals surface area contributed by atoms with Gasteiger partial charge >= 0.3 is 0 Å². The van der Waals surface area contributed by atoms with Crippen LogP contribution in [0.2, 0.25) is 0 Å². The smallest absolute Gasteiger partial charge is 0.252 e. The lowest BCUT2D eigenvalue weighted by atomic mass is 9.91. The summed E-state index contributed by atoms with van der Waals surface area (Å²) in [7, 11) is 0. The highest BCUT2D eigenvalue weighted by atomic mass is 16.1. The average molecular weight is 380 g/mol. The number of nitrogens with zero attached hydrogens (tertiary/aromatic N) is 6. The van der Waals surface area contributed by atoms with E-state index in [0.717, 1.165) is 57.1 Å². The third kappa shape index (κ3) is 2.82. The summed E-state index contributed by atoms with van der Waals surface area (Å²) in [6.45, 7) is 5.35. The number of anilines is 3. The molecular formula is C19H24N8O. The Morgan fingerprint density at radius 3 is 2.82 bits per heavy atom. The van der Waals surface area contributed by atoms with Crippen LogP contribution in [0.25, 0.3) is 11.2 Å². The van der Waals surface area contributed by atoms with Crippen LogP contribution in [0.3, 0.4) is 0 Å². The van der Waals surface area contributed by atoms with Gasteiger partial charge in [0.2, 0.25) is 0 Å². The normalized spacial score (nSPS) is 19.1. The molecular weight excluding hydrogens is 356 g/mol. The molecule has 0 unspecified atom stereocenters. The van der Waals surface area contributed by atoms with Crippen LogP contribution < -0.4 is 21.1 Å². The van der Waals surface area contributed by atoms with Gasteiger partial charge in [-0.05, 0) is 32.3 Å². The zero-order valence-electron chi connectivity index (χ0n) is 15.9. The predicted molar refractivity (Wildman–Crippen MR) is 108 cm³/mol. The molecule has 0 radical (unpaired) electrons. The molecule has 0 aliphatic carbocycles. The first kappa shape index (κ1) is 17.2. The first-order valence-corrected chi connectivity index (χ1v) is 9.74. The number of H-pyrrole nitrogens is 1. The van der Waals surface area contributed by atoms with Crippen molar-refractivity contribution in [2.75, 3.05) is 29.4 Å². The van der Waals surface area contributed by atoms with E-state index < -0.39 is 0 Å². The summed E-state index contributed by atoms with van der Waals surface area (Å²) in [6.07, 6.45) is 4.55. The molecule has 5 heterocycles. The summed E-state index contributed by atoms with van der Waals surface area (Å²) in [5.74, 6) is 2.39. The Bertz CT molecular complexity index is 1070. The maximum atomic E-state index is 12.2. The van der Waals surface area contributed by atoms with Gasteiger partial charge in [0.15, 0.2) is 17.0 Å². The maximum Gasteiger partial charge on any atom is 0.252 e. The lowest BCUT2D eigenvalue weighted by Crippen LogP contribution is -2.48. The monoisotopic (exact) mass is 380 g/mol. The summed E-state index contributed by atoms with van der Waals surface area (Å²) >= 11 is 0. The van der Waals surface area contributed by atoms with Crippen molar-refractivity contribution in [2.24, 2.45) is 5.73 Å². The summed E-state index contributed by atoms with van der Waals surface area (Å²) in [6, 6.07) is 5.32. The van der Waals surface area contributed by atoms with Gasteiger partial charge in [-0.25, -0.2) is 9.97 Å². The molecule has 28 heavy (non-hydrogen) atoms. The van der Waals surface area contributed by atoms with E-state index in [0.29, 0.717) is 17.0 Å². The van der Waals surface area contributed by atoms with Crippen LogP contribution in [-0.4, -0.2) is 49.9 Å². The second-order valence-corrected chi connectivity index (χ2v) is 7.99. The Kier molecular flexibility index (Phi) is 3.87. The van der Waals surface area contributed by atoms with Crippen LogP contribution in [0.5, 0.6) is 0 Å². The van der Waals surface area contributed by atoms with E-state index in [2.05, 4.69) is 27.0 Å². The van der Waals surface area contributed by atoms with E-state index in [1.807, 2.05) is 17.2 Å². The second-order valence-electron chi connectivity index (χ2n) is 7.99. The van der Waals surface area contributed by atoms with Crippen molar-refractivity contribution in [3.8, 4) is 0 Å². The third-order valence-corrected chi connectivity index (χ3v) is 5.79. The molecule has 0 amide bonds. The first-order valence-electron chi connectivity index (χ1n) is 9.74. The topological polar surface area (TPSA) is 109 Å². The molecule has 146 valence electrons. The molecule has 1 saturated heterocycles. The second kappa shape index (κ2) is 6.30. The molecule has 3 N–H and O–H groups in total. The number of aromatic amines is 1. The Hall–Kier alpha value is -2.94. The van der Waals surface area contributed by atoms with Crippen molar-refractivity contribution in [1.82, 2.24) is 24.7 Å². The Morgan fingerprint density at radius 2 is 2.00 bits per heavy atom. The molecule has 9 heteroatoms. The van der Waals surface area contributed by atoms with Gasteiger partial charge in [-0.3, -0.25) is 14.5 Å². The van der Waals surface area contributed by atoms with Crippen LogP contribution in [-0.2, 0) is 6.54 Å². The standard InChI is InChI=1S/C19H24N8O/c1-19(20)6-10-25(11-7-19)13-12-21-16-17(22-13)23-24-18(16)27-9-3-8-26-14(27)4-2-5-15(26)28/h2,4-5,12H,3,6-11,20H2,1H3,(H,22,23,24). The number of hydrogen-bond acceptors (Lipinski definition) is 7. The largest absolute Gasteiger partial charge is 0.355 e. The van der Waals surface area contributed by atoms with Crippen LogP contribution in [0.4, 0.5) is 17.5 Å². The fraction of sp³-hybridized carbons (Fsp3) is 0.474. The number of piperidine rings is 1. The minimum atomic E-state index is -0.102. The molecule has 5 rings (SSSR count). The van der Waals surface area contributed by atoms with Crippen molar-refractivity contribution in [3.05, 3.63) is 34.7 Å². The van der Waals surface area contributed by atoms with E-state index >= 15 is 0 Å². The molecule has 0 aromatic carbocycles. The quantitative estimate of drug-likeness (QED) is 0.691. The minimum absolute atomic E-state index is 0.00686. The molecule has 1 fully saturated rings. The van der Waals surface area contributed by atoms with Crippen LogP contribution in [0, 0.1) is 0 Å². The number of rotatable bonds is 2. The van der Waals surface area contributed by atoms with Crippen LogP contribution >= 0.6 is 0 Å². The number of fused-ring (bicyclic) bond motifs is 2. The summed E-state index contributed by atoms with van der Waals surface area (Å²) in [5.41, 5.74) is 7.51. The SMILES string of the molecule is CC1(N)CCN(c2cnc3c(N4CCCn5c4cccc5=O)n[nH]c3n2)CC1. The number of nitrogens with two attached hydrogens (primary N) is 1. The molecule has 3 aromatic rings. The highest BCUT2D eigenvalue weighted by molar-refractivity contribution is 5.86. The minimum Gasteiger partial charge on any atom is -0.355 e. The van der Waals surface area contributed by atoms with Gasteiger partial charge in [-0.2, -0.15) is 5.10 Å². The van der Waals surface area contributed by atoms with Crippen molar-refractivity contribution in [1.29, 1.82) is 0 Å². The fourth-order valence-electron chi connectivity index (χ4n) is 4.05. The van der Waals surface area contributed by atoms with Crippen LogP contribution in [0.15, 0.2) is 29.2 Å². The number of aromatic nitrogens is 5. The highest BCUT2D eigenvalue weighted by Gasteiger charge is 2.28. The Morgan fingerprint density at radius 1 is 1.18 bits per heavy atom. The molecule has 9 nitrogen and oxygen atoms in total. The zero-order valence-corrected chi connectivity index (χ0v) is 15.9. The molecule has 2 aliphatic heterocycles. The maximum absolute atomic E-state index is 12.2. The third-order valence-electron chi connectivity index (χ3n) is 5.79. The number of nitrogens with one attached hydrogen (secondary N) is 1. The zero-order chi connectivity index (χ0) is 19.3. The summed E-state index contributed by atoms with van der Waals surface area (Å²) < 4.78 is 1.78. The van der Waals surface area contributed by atoms with E-state index in [9.17, 15) is 4.79 Å². The molecule has 3 aromatic heterocycles. The van der Waals surface area contributed by atoms with Crippen molar-refractivity contribution in [2.45, 2.75) is 38.3 Å². The van der Waals surface area contributed by atoms with Gasteiger partial charge in [0.25, 0.3) is 5.56 Å². The Balaban J connectivity index is 1.49. The van der Waals surface area contributed by atoms with Gasteiger partial charge in [0, 0.05) is 37.8 Å². The van der Waals surface area contributed by atoms with Crippen molar-refractivity contribution < 1.29 is 0 Å². The van der Waals surface area contributed by atoms with E-state index in [4.69, 9.17) is 10.7 Å². The molecule has 0 saturated carbocycles. The van der Waals surface area contributed by atoms with Gasteiger partial charge in [0.1, 0.15) is 11.6 Å². The molecule has 0 atom stereocenters. The fourth-order valence-corrected chi connectivity index (χ4v) is 4.05. The van der Waals surface area contributed by atoms with Gasteiger partial charge in [-0.15, -0.1) is 0 Å². The van der Waals surface area contributed by atoms with Gasteiger partial charge in [0.05, 0.1) is 6.20 Å². The lowest BCUT2D eigenvalue weighted by molar-refractivity contribution is 0.363. The predicted octanol–water partition coefficient (Wildman–Crippen LogP) is 1.37. The average Bonchev–Trinajstić information content (AvgIpc) is 3.11. The van der Waals surface area contributed by atoms with E-state index in [1.165, 1.54) is 0 Å². The number of hydrogen-bond donors (Lipinski definition) is 2. The Labute approximate surface area is 162 Å². The summed E-state index contributed by atoms with van der Waals surface area (Å²) in [4.78, 5) is 25.8. The summed E-state index contributed by atoms with van der Waals surface area (Å²) in [5, 5.41) is 7.50. The van der Waals surface area contributed by atoms with Crippen molar-refractivity contribution >= 4 is 28.6 Å². The highest BCUT2D eigenvalue weighted by Crippen LogP contribution is 2.31. The molecule has 0 spiro atoms. The number of pyridine rings is 1. The molecule has 0 bridgehead atoms. The molecule has 2 aliphatic rings. The van der Waals surface area contributed by atoms with Crippen molar-refractivity contribution in [3.63, 3.8) is 0 Å². The first-order chi connectivity index (χ1) is 13.5. The lowest BCUT2D eigenvalue weighted by Gasteiger charge is -2.37. The van der Waals surface area contributed by atoms with Gasteiger partial charge < -0.3 is 15.5 Å². The van der Waals surface area contributed by atoms with E-state index in [-0.39, 0.29) is 11.1 Å².